The van der Waals surface area contributed by atoms with E-state index in [1.54, 1.807) is 19.2 Å². The van der Waals surface area contributed by atoms with Crippen molar-refractivity contribution in [3.8, 4) is 5.75 Å². The first-order chi connectivity index (χ1) is 10.1. The van der Waals surface area contributed by atoms with E-state index in [-0.39, 0.29) is 11.9 Å². The molecule has 0 heterocycles. The summed E-state index contributed by atoms with van der Waals surface area (Å²) in [5, 5.41) is 3.38. The molecule has 0 bridgehead atoms. The molecule has 0 radical (unpaired) electrons. The topological polar surface area (TPSA) is 21.3 Å². The first-order valence-electron chi connectivity index (χ1n) is 7.21. The number of methoxy groups -OCH3 is 1. The fourth-order valence-corrected chi connectivity index (χ4v) is 2.62. The van der Waals surface area contributed by atoms with Crippen LogP contribution in [0.4, 0.5) is 4.39 Å². The van der Waals surface area contributed by atoms with Gasteiger partial charge in [-0.15, -0.1) is 0 Å². The number of hydrogen-bond donors (Lipinski definition) is 1. The summed E-state index contributed by atoms with van der Waals surface area (Å²) >= 11 is 0. The normalized spacial score (nSPS) is 12.2. The Kier molecular flexibility index (Phi) is 4.97. The molecule has 3 heteroatoms. The van der Waals surface area contributed by atoms with Crippen molar-refractivity contribution in [3.63, 3.8) is 0 Å². The molecular weight excluding hydrogens is 265 g/mol. The minimum Gasteiger partial charge on any atom is -0.496 e. The lowest BCUT2D eigenvalue weighted by Crippen LogP contribution is -2.24. The molecule has 1 N–H and O–H groups in total. The zero-order valence-corrected chi connectivity index (χ0v) is 13.0. The summed E-state index contributed by atoms with van der Waals surface area (Å²) < 4.78 is 19.8. The van der Waals surface area contributed by atoms with Gasteiger partial charge >= 0.3 is 0 Å². The first kappa shape index (κ1) is 15.5. The molecule has 2 nitrogen and oxygen atoms in total. The van der Waals surface area contributed by atoms with Crippen molar-refractivity contribution in [1.82, 2.24) is 5.32 Å². The molecule has 0 aliphatic carbocycles. The van der Waals surface area contributed by atoms with Crippen LogP contribution in [0.15, 0.2) is 36.4 Å². The van der Waals surface area contributed by atoms with E-state index in [4.69, 9.17) is 4.74 Å². The van der Waals surface area contributed by atoms with E-state index in [1.807, 2.05) is 20.8 Å². The molecule has 2 aromatic carbocycles. The molecule has 1 atom stereocenters. The largest absolute Gasteiger partial charge is 0.496 e. The van der Waals surface area contributed by atoms with Crippen molar-refractivity contribution >= 4 is 0 Å². The van der Waals surface area contributed by atoms with E-state index >= 15 is 0 Å². The van der Waals surface area contributed by atoms with E-state index in [2.05, 4.69) is 23.5 Å². The highest BCUT2D eigenvalue weighted by Crippen LogP contribution is 2.34. The van der Waals surface area contributed by atoms with Crippen molar-refractivity contribution in [2.45, 2.75) is 26.8 Å². The standard InChI is InChI=1S/C18H22FNO/c1-5-20-18(14-11-12(2)9-10-13(14)3)17-15(19)7-6-8-16(17)21-4/h6-11,18,20H,5H2,1-4H3. The Morgan fingerprint density at radius 1 is 1.19 bits per heavy atom. The van der Waals surface area contributed by atoms with Crippen LogP contribution in [0.5, 0.6) is 5.75 Å². The Labute approximate surface area is 126 Å². The summed E-state index contributed by atoms with van der Waals surface area (Å²) in [7, 11) is 1.57. The fraction of sp³-hybridized carbons (Fsp3) is 0.333. The van der Waals surface area contributed by atoms with Gasteiger partial charge in [0.15, 0.2) is 0 Å². The first-order valence-corrected chi connectivity index (χ1v) is 7.21. The molecule has 2 aromatic rings. The third kappa shape index (κ3) is 3.24. The minimum absolute atomic E-state index is 0.217. The van der Waals surface area contributed by atoms with Crippen LogP contribution in [0.2, 0.25) is 0 Å². The molecule has 0 aliphatic heterocycles. The van der Waals surface area contributed by atoms with Gasteiger partial charge in [0.05, 0.1) is 18.7 Å². The number of aryl methyl sites for hydroxylation is 2. The van der Waals surface area contributed by atoms with Gasteiger partial charge < -0.3 is 10.1 Å². The molecule has 1 unspecified atom stereocenters. The summed E-state index contributed by atoms with van der Waals surface area (Å²) in [6.07, 6.45) is 0. The quantitative estimate of drug-likeness (QED) is 0.892. The Hall–Kier alpha value is -1.87. The summed E-state index contributed by atoms with van der Waals surface area (Å²) in [5.41, 5.74) is 3.95. The fourth-order valence-electron chi connectivity index (χ4n) is 2.62. The van der Waals surface area contributed by atoms with E-state index in [0.29, 0.717) is 11.3 Å². The van der Waals surface area contributed by atoms with E-state index in [0.717, 1.165) is 23.2 Å². The predicted octanol–water partition coefficient (Wildman–Crippen LogP) is 4.15. The lowest BCUT2D eigenvalue weighted by molar-refractivity contribution is 0.397. The van der Waals surface area contributed by atoms with Crippen molar-refractivity contribution in [1.29, 1.82) is 0 Å². The smallest absolute Gasteiger partial charge is 0.132 e. The van der Waals surface area contributed by atoms with Crippen LogP contribution in [0.25, 0.3) is 0 Å². The van der Waals surface area contributed by atoms with Crippen molar-refractivity contribution in [2.75, 3.05) is 13.7 Å². The van der Waals surface area contributed by atoms with Gasteiger partial charge in [-0.25, -0.2) is 4.39 Å². The summed E-state index contributed by atoms with van der Waals surface area (Å²) in [5.74, 6) is 0.322. The molecule has 0 amide bonds. The van der Waals surface area contributed by atoms with Gasteiger partial charge in [-0.05, 0) is 43.7 Å². The zero-order valence-electron chi connectivity index (χ0n) is 13.0. The van der Waals surface area contributed by atoms with Crippen LogP contribution >= 0.6 is 0 Å². The molecule has 0 saturated carbocycles. The number of nitrogens with one attached hydrogen (secondary N) is 1. The SMILES string of the molecule is CCNC(c1cc(C)ccc1C)c1c(F)cccc1OC. The number of rotatable bonds is 5. The summed E-state index contributed by atoms with van der Waals surface area (Å²) in [4.78, 5) is 0. The molecule has 2 rings (SSSR count). The molecule has 0 fully saturated rings. The third-order valence-corrected chi connectivity index (χ3v) is 3.68. The maximum Gasteiger partial charge on any atom is 0.132 e. The predicted molar refractivity (Wildman–Crippen MR) is 84.4 cm³/mol. The number of ether oxygens (including phenoxy) is 1. The van der Waals surface area contributed by atoms with E-state index in [9.17, 15) is 4.39 Å². The van der Waals surface area contributed by atoms with Crippen molar-refractivity contribution in [2.24, 2.45) is 0 Å². The molecule has 0 aliphatic rings. The lowest BCUT2D eigenvalue weighted by atomic mass is 9.92. The van der Waals surface area contributed by atoms with Gasteiger partial charge in [0.1, 0.15) is 11.6 Å². The highest BCUT2D eigenvalue weighted by molar-refractivity contribution is 5.45. The minimum atomic E-state index is -0.249. The second kappa shape index (κ2) is 6.72. The van der Waals surface area contributed by atoms with Gasteiger partial charge in [-0.3, -0.25) is 0 Å². The highest BCUT2D eigenvalue weighted by atomic mass is 19.1. The third-order valence-electron chi connectivity index (χ3n) is 3.68. The Morgan fingerprint density at radius 2 is 1.95 bits per heavy atom. The van der Waals surface area contributed by atoms with Gasteiger partial charge in [0, 0.05) is 0 Å². The zero-order chi connectivity index (χ0) is 15.4. The maximum absolute atomic E-state index is 14.4. The van der Waals surface area contributed by atoms with Crippen LogP contribution in [0, 0.1) is 19.7 Å². The van der Waals surface area contributed by atoms with Gasteiger partial charge in [0.25, 0.3) is 0 Å². The van der Waals surface area contributed by atoms with Crippen LogP contribution in [0.3, 0.4) is 0 Å². The van der Waals surface area contributed by atoms with E-state index in [1.165, 1.54) is 6.07 Å². The maximum atomic E-state index is 14.4. The summed E-state index contributed by atoms with van der Waals surface area (Å²) in [6.45, 7) is 6.86. The van der Waals surface area contributed by atoms with Gasteiger partial charge in [-0.1, -0.05) is 36.8 Å². The van der Waals surface area contributed by atoms with Gasteiger partial charge in [0.2, 0.25) is 0 Å². The van der Waals surface area contributed by atoms with Crippen molar-refractivity contribution < 1.29 is 9.13 Å². The number of benzene rings is 2. The molecule has 112 valence electrons. The Morgan fingerprint density at radius 3 is 2.62 bits per heavy atom. The number of halogens is 1. The average molecular weight is 287 g/mol. The molecule has 0 saturated heterocycles. The van der Waals surface area contributed by atoms with Gasteiger partial charge in [-0.2, -0.15) is 0 Å². The average Bonchev–Trinajstić information content (AvgIpc) is 2.48. The van der Waals surface area contributed by atoms with Crippen LogP contribution in [-0.2, 0) is 0 Å². The molecular formula is C18H22FNO. The van der Waals surface area contributed by atoms with Crippen LogP contribution < -0.4 is 10.1 Å². The Balaban J connectivity index is 2.61. The number of hydrogen-bond acceptors (Lipinski definition) is 2. The molecule has 0 spiro atoms. The summed E-state index contributed by atoms with van der Waals surface area (Å²) in [6, 6.07) is 11.0. The highest BCUT2D eigenvalue weighted by Gasteiger charge is 2.22. The van der Waals surface area contributed by atoms with E-state index < -0.39 is 0 Å². The molecule has 21 heavy (non-hydrogen) atoms. The van der Waals surface area contributed by atoms with Crippen LogP contribution in [0.1, 0.15) is 35.2 Å². The Bertz CT molecular complexity index is 625. The monoisotopic (exact) mass is 287 g/mol. The van der Waals surface area contributed by atoms with Crippen LogP contribution in [-0.4, -0.2) is 13.7 Å². The lowest BCUT2D eigenvalue weighted by Gasteiger charge is -2.23. The van der Waals surface area contributed by atoms with Crippen molar-refractivity contribution in [3.05, 3.63) is 64.5 Å². The second-order valence-electron chi connectivity index (χ2n) is 5.21. The second-order valence-corrected chi connectivity index (χ2v) is 5.21. The molecule has 0 aromatic heterocycles.